The van der Waals surface area contributed by atoms with E-state index in [4.69, 9.17) is 5.73 Å². The van der Waals surface area contributed by atoms with Gasteiger partial charge in [0.15, 0.2) is 0 Å². The van der Waals surface area contributed by atoms with E-state index < -0.39 is 6.10 Å². The number of hydrogen-bond donors (Lipinski definition) is 3. The van der Waals surface area contributed by atoms with E-state index in [1.807, 2.05) is 0 Å². The Labute approximate surface area is 84.3 Å². The molecule has 1 atom stereocenters. The summed E-state index contributed by atoms with van der Waals surface area (Å²) in [7, 11) is 0. The van der Waals surface area contributed by atoms with Gasteiger partial charge in [0.2, 0.25) is 0 Å². The molecule has 0 radical (unpaired) electrons. The van der Waals surface area contributed by atoms with Gasteiger partial charge in [-0.25, -0.2) is 0 Å². The number of aliphatic hydroxyl groups excluding tert-OH is 1. The van der Waals surface area contributed by atoms with E-state index in [0.29, 0.717) is 13.0 Å². The number of aromatic nitrogens is 1. The summed E-state index contributed by atoms with van der Waals surface area (Å²) < 4.78 is 0. The van der Waals surface area contributed by atoms with E-state index in [1.54, 1.807) is 0 Å². The van der Waals surface area contributed by atoms with Crippen LogP contribution >= 0.6 is 0 Å². The predicted molar refractivity (Wildman–Crippen MR) is 56.1 cm³/mol. The molecule has 1 aliphatic carbocycles. The third-order valence-electron chi connectivity index (χ3n) is 2.93. The molecule has 2 rings (SSSR count). The van der Waals surface area contributed by atoms with Gasteiger partial charge in [0, 0.05) is 11.4 Å². The molecule has 1 aromatic heterocycles. The maximum absolute atomic E-state index is 9.76. The molecule has 1 aromatic rings. The van der Waals surface area contributed by atoms with Crippen molar-refractivity contribution >= 4 is 0 Å². The van der Waals surface area contributed by atoms with E-state index in [0.717, 1.165) is 18.5 Å². The second kappa shape index (κ2) is 4.15. The number of hydrogen-bond acceptors (Lipinski definition) is 2. The normalized spacial score (nSPS) is 17.9. The highest BCUT2D eigenvalue weighted by Crippen LogP contribution is 2.25. The fourth-order valence-electron chi connectivity index (χ4n) is 2.12. The topological polar surface area (TPSA) is 62.0 Å². The second-order valence-electron chi connectivity index (χ2n) is 4.03. The molecule has 1 heterocycles. The summed E-state index contributed by atoms with van der Waals surface area (Å²) in [6, 6.07) is 2.11. The van der Waals surface area contributed by atoms with Gasteiger partial charge in [-0.3, -0.25) is 0 Å². The van der Waals surface area contributed by atoms with E-state index in [1.165, 1.54) is 24.1 Å². The first-order chi connectivity index (χ1) is 6.81. The lowest BCUT2D eigenvalue weighted by Crippen LogP contribution is -2.07. The van der Waals surface area contributed by atoms with Crippen LogP contribution in [0.3, 0.4) is 0 Å². The second-order valence-corrected chi connectivity index (χ2v) is 4.03. The van der Waals surface area contributed by atoms with Gasteiger partial charge in [-0.1, -0.05) is 0 Å². The van der Waals surface area contributed by atoms with Crippen molar-refractivity contribution in [1.29, 1.82) is 0 Å². The van der Waals surface area contributed by atoms with Crippen LogP contribution in [0.2, 0.25) is 0 Å². The van der Waals surface area contributed by atoms with Gasteiger partial charge in [-0.05, 0) is 50.3 Å². The zero-order chi connectivity index (χ0) is 9.97. The van der Waals surface area contributed by atoms with Crippen LogP contribution in [0.15, 0.2) is 6.07 Å². The van der Waals surface area contributed by atoms with Gasteiger partial charge in [-0.15, -0.1) is 0 Å². The van der Waals surface area contributed by atoms with Crippen molar-refractivity contribution in [3.63, 3.8) is 0 Å². The average molecular weight is 194 g/mol. The Kier molecular flexibility index (Phi) is 2.89. The third-order valence-corrected chi connectivity index (χ3v) is 2.93. The highest BCUT2D eigenvalue weighted by Gasteiger charge is 2.16. The fraction of sp³-hybridized carbons (Fsp3) is 0.636. The Morgan fingerprint density at radius 3 is 2.93 bits per heavy atom. The SMILES string of the molecule is NCC[C@@H](O)c1cc2c([nH]1)CCCC2. The predicted octanol–water partition coefficient (Wildman–Crippen LogP) is 1.28. The Balaban J connectivity index is 2.15. The summed E-state index contributed by atoms with van der Waals surface area (Å²) in [5.41, 5.74) is 9.07. The Morgan fingerprint density at radius 2 is 2.21 bits per heavy atom. The molecular formula is C11H18N2O. The Morgan fingerprint density at radius 1 is 1.43 bits per heavy atom. The first kappa shape index (κ1) is 9.74. The highest BCUT2D eigenvalue weighted by molar-refractivity contribution is 5.29. The summed E-state index contributed by atoms with van der Waals surface area (Å²) in [6.07, 6.45) is 5.05. The molecule has 1 aliphatic rings. The molecule has 4 N–H and O–H groups in total. The zero-order valence-corrected chi connectivity index (χ0v) is 8.42. The summed E-state index contributed by atoms with van der Waals surface area (Å²) in [5, 5.41) is 9.76. The Hall–Kier alpha value is -0.800. The minimum Gasteiger partial charge on any atom is -0.387 e. The van der Waals surface area contributed by atoms with Crippen LogP contribution in [-0.2, 0) is 12.8 Å². The molecule has 0 saturated heterocycles. The van der Waals surface area contributed by atoms with Gasteiger partial charge in [0.05, 0.1) is 6.10 Å². The van der Waals surface area contributed by atoms with Crippen LogP contribution in [0.1, 0.15) is 42.3 Å². The van der Waals surface area contributed by atoms with Crippen LogP contribution in [0.25, 0.3) is 0 Å². The van der Waals surface area contributed by atoms with Crippen LogP contribution in [0.4, 0.5) is 0 Å². The average Bonchev–Trinajstić information content (AvgIpc) is 2.61. The minimum absolute atomic E-state index is 0.411. The van der Waals surface area contributed by atoms with E-state index in [2.05, 4.69) is 11.1 Å². The van der Waals surface area contributed by atoms with Crippen molar-refractivity contribution in [2.45, 2.75) is 38.2 Å². The number of rotatable bonds is 3. The van der Waals surface area contributed by atoms with Gasteiger partial charge in [0.25, 0.3) is 0 Å². The van der Waals surface area contributed by atoms with Crippen LogP contribution < -0.4 is 5.73 Å². The first-order valence-corrected chi connectivity index (χ1v) is 5.40. The highest BCUT2D eigenvalue weighted by atomic mass is 16.3. The fourth-order valence-corrected chi connectivity index (χ4v) is 2.12. The number of aliphatic hydroxyl groups is 1. The van der Waals surface area contributed by atoms with Crippen molar-refractivity contribution in [2.24, 2.45) is 5.73 Å². The number of aromatic amines is 1. The van der Waals surface area contributed by atoms with Gasteiger partial charge in [-0.2, -0.15) is 0 Å². The molecule has 3 nitrogen and oxygen atoms in total. The lowest BCUT2D eigenvalue weighted by atomic mass is 9.98. The summed E-state index contributed by atoms with van der Waals surface area (Å²) >= 11 is 0. The standard InChI is InChI=1S/C11H18N2O/c12-6-5-11(14)10-7-8-3-1-2-4-9(8)13-10/h7,11,13-14H,1-6,12H2/t11-/m1/s1. The largest absolute Gasteiger partial charge is 0.387 e. The molecule has 0 amide bonds. The van der Waals surface area contributed by atoms with Crippen molar-refractivity contribution in [3.05, 3.63) is 23.0 Å². The molecule has 14 heavy (non-hydrogen) atoms. The smallest absolute Gasteiger partial charge is 0.0949 e. The summed E-state index contributed by atoms with van der Waals surface area (Å²) in [4.78, 5) is 3.31. The van der Waals surface area contributed by atoms with Crippen LogP contribution in [0.5, 0.6) is 0 Å². The maximum Gasteiger partial charge on any atom is 0.0949 e. The summed E-state index contributed by atoms with van der Waals surface area (Å²) in [6.45, 7) is 0.533. The van der Waals surface area contributed by atoms with Crippen molar-refractivity contribution in [2.75, 3.05) is 6.54 Å². The number of fused-ring (bicyclic) bond motifs is 1. The van der Waals surface area contributed by atoms with Gasteiger partial charge in [0.1, 0.15) is 0 Å². The van der Waals surface area contributed by atoms with Crippen LogP contribution in [-0.4, -0.2) is 16.6 Å². The van der Waals surface area contributed by atoms with Gasteiger partial charge >= 0.3 is 0 Å². The molecule has 0 bridgehead atoms. The quantitative estimate of drug-likeness (QED) is 0.678. The molecule has 0 aliphatic heterocycles. The van der Waals surface area contributed by atoms with E-state index in [-0.39, 0.29) is 0 Å². The molecular weight excluding hydrogens is 176 g/mol. The minimum atomic E-state index is -0.411. The van der Waals surface area contributed by atoms with E-state index in [9.17, 15) is 5.11 Å². The van der Waals surface area contributed by atoms with Crippen molar-refractivity contribution in [3.8, 4) is 0 Å². The molecule has 0 unspecified atom stereocenters. The van der Waals surface area contributed by atoms with Crippen molar-refractivity contribution in [1.82, 2.24) is 4.98 Å². The Bertz CT molecular complexity index is 283. The lowest BCUT2D eigenvalue weighted by molar-refractivity contribution is 0.166. The number of H-pyrrole nitrogens is 1. The first-order valence-electron chi connectivity index (χ1n) is 5.40. The number of nitrogens with one attached hydrogen (secondary N) is 1. The molecule has 0 spiro atoms. The molecule has 3 heteroatoms. The lowest BCUT2D eigenvalue weighted by Gasteiger charge is -2.09. The molecule has 0 fully saturated rings. The maximum atomic E-state index is 9.76. The molecule has 78 valence electrons. The number of nitrogens with two attached hydrogens (primary N) is 1. The zero-order valence-electron chi connectivity index (χ0n) is 8.42. The third kappa shape index (κ3) is 1.83. The van der Waals surface area contributed by atoms with Crippen LogP contribution in [0, 0.1) is 0 Å². The van der Waals surface area contributed by atoms with Gasteiger partial charge < -0.3 is 15.8 Å². The van der Waals surface area contributed by atoms with E-state index >= 15 is 0 Å². The molecule has 0 saturated carbocycles. The monoisotopic (exact) mass is 194 g/mol. The molecule has 0 aromatic carbocycles. The van der Waals surface area contributed by atoms with Crippen molar-refractivity contribution < 1.29 is 5.11 Å². The summed E-state index contributed by atoms with van der Waals surface area (Å²) in [5.74, 6) is 0. The number of aryl methyl sites for hydroxylation is 2.